The number of allylic oxidation sites excluding steroid dienone is 1. The molecule has 1 unspecified atom stereocenters. The highest BCUT2D eigenvalue weighted by molar-refractivity contribution is 6.31. The predicted molar refractivity (Wildman–Crippen MR) is 113 cm³/mol. The van der Waals surface area contributed by atoms with Gasteiger partial charge in [0.05, 0.1) is 18.9 Å². The van der Waals surface area contributed by atoms with E-state index in [4.69, 9.17) is 20.5 Å². The van der Waals surface area contributed by atoms with Crippen molar-refractivity contribution >= 4 is 11.6 Å². The highest BCUT2D eigenvalue weighted by Gasteiger charge is 2.16. The standard InChI is InChI=1S/C22H26ClN3O3/c1-3-4-6-18(27)14-26(15-19-7-5-12-28-19)11-10-21-24-22(25-29-21)17-9-8-16(2)20(23)13-17/h3,5,7-9,12-13,18,27H,1,4,6,10-11,14-15H2,2H3. The van der Waals surface area contributed by atoms with Gasteiger partial charge in [-0.25, -0.2) is 0 Å². The van der Waals surface area contributed by atoms with Gasteiger partial charge in [-0.3, -0.25) is 4.90 Å². The summed E-state index contributed by atoms with van der Waals surface area (Å²) in [5.41, 5.74) is 1.82. The van der Waals surface area contributed by atoms with Gasteiger partial charge in [0.25, 0.3) is 0 Å². The van der Waals surface area contributed by atoms with Crippen molar-refractivity contribution in [2.45, 2.75) is 38.8 Å². The average Bonchev–Trinajstić information content (AvgIpc) is 3.38. The van der Waals surface area contributed by atoms with Crippen molar-refractivity contribution in [3.05, 3.63) is 71.5 Å². The first-order chi connectivity index (χ1) is 14.0. The number of aryl methyl sites for hydroxylation is 1. The number of aromatic nitrogens is 2. The summed E-state index contributed by atoms with van der Waals surface area (Å²) in [6.07, 6.45) is 5.06. The monoisotopic (exact) mass is 415 g/mol. The highest BCUT2D eigenvalue weighted by atomic mass is 35.5. The van der Waals surface area contributed by atoms with Gasteiger partial charge in [-0.05, 0) is 43.5 Å². The van der Waals surface area contributed by atoms with E-state index in [-0.39, 0.29) is 0 Å². The second-order valence-electron chi connectivity index (χ2n) is 7.06. The van der Waals surface area contributed by atoms with Crippen molar-refractivity contribution in [3.8, 4) is 11.4 Å². The summed E-state index contributed by atoms with van der Waals surface area (Å²) in [5.74, 6) is 1.91. The smallest absolute Gasteiger partial charge is 0.228 e. The number of hydrogen-bond donors (Lipinski definition) is 1. The van der Waals surface area contributed by atoms with E-state index in [9.17, 15) is 5.11 Å². The van der Waals surface area contributed by atoms with E-state index in [1.807, 2.05) is 43.3 Å². The number of benzene rings is 1. The van der Waals surface area contributed by atoms with Gasteiger partial charge >= 0.3 is 0 Å². The summed E-state index contributed by atoms with van der Waals surface area (Å²) < 4.78 is 10.9. The minimum Gasteiger partial charge on any atom is -0.468 e. The van der Waals surface area contributed by atoms with E-state index in [1.54, 1.807) is 6.26 Å². The Morgan fingerprint density at radius 2 is 2.21 bits per heavy atom. The maximum Gasteiger partial charge on any atom is 0.228 e. The summed E-state index contributed by atoms with van der Waals surface area (Å²) in [7, 11) is 0. The van der Waals surface area contributed by atoms with E-state index < -0.39 is 6.10 Å². The summed E-state index contributed by atoms with van der Waals surface area (Å²) in [6, 6.07) is 9.48. The van der Waals surface area contributed by atoms with Gasteiger partial charge in [0.15, 0.2) is 0 Å². The van der Waals surface area contributed by atoms with Crippen LogP contribution in [0.15, 0.2) is 58.2 Å². The van der Waals surface area contributed by atoms with Crippen LogP contribution in [0.1, 0.15) is 30.1 Å². The minimum absolute atomic E-state index is 0.434. The van der Waals surface area contributed by atoms with Crippen molar-refractivity contribution in [2.75, 3.05) is 13.1 Å². The Labute approximate surface area is 175 Å². The zero-order valence-electron chi connectivity index (χ0n) is 16.6. The largest absolute Gasteiger partial charge is 0.468 e. The highest BCUT2D eigenvalue weighted by Crippen LogP contribution is 2.23. The molecule has 7 heteroatoms. The van der Waals surface area contributed by atoms with Crippen LogP contribution in [0, 0.1) is 6.92 Å². The van der Waals surface area contributed by atoms with Gasteiger partial charge in [-0.2, -0.15) is 4.98 Å². The van der Waals surface area contributed by atoms with Gasteiger partial charge in [0.1, 0.15) is 5.76 Å². The molecule has 6 nitrogen and oxygen atoms in total. The van der Waals surface area contributed by atoms with E-state index >= 15 is 0 Å². The molecule has 0 aliphatic rings. The molecular weight excluding hydrogens is 390 g/mol. The lowest BCUT2D eigenvalue weighted by Gasteiger charge is -2.23. The van der Waals surface area contributed by atoms with Crippen LogP contribution in [0.3, 0.4) is 0 Å². The molecule has 3 aromatic rings. The molecule has 1 atom stereocenters. The molecule has 0 fully saturated rings. The molecule has 0 radical (unpaired) electrons. The molecule has 2 aromatic heterocycles. The van der Waals surface area contributed by atoms with Gasteiger partial charge in [-0.15, -0.1) is 6.58 Å². The zero-order chi connectivity index (χ0) is 20.6. The van der Waals surface area contributed by atoms with Gasteiger partial charge in [-0.1, -0.05) is 35.0 Å². The summed E-state index contributed by atoms with van der Waals surface area (Å²) in [6.45, 7) is 7.45. The van der Waals surface area contributed by atoms with Crippen molar-refractivity contribution in [2.24, 2.45) is 0 Å². The van der Waals surface area contributed by atoms with Crippen molar-refractivity contribution in [3.63, 3.8) is 0 Å². The molecule has 0 saturated carbocycles. The Balaban J connectivity index is 1.62. The number of aliphatic hydroxyl groups excluding tert-OH is 1. The number of halogens is 1. The quantitative estimate of drug-likeness (QED) is 0.459. The number of rotatable bonds is 11. The molecule has 1 aromatic carbocycles. The lowest BCUT2D eigenvalue weighted by atomic mass is 10.1. The van der Waals surface area contributed by atoms with Crippen LogP contribution < -0.4 is 0 Å². The maximum atomic E-state index is 10.3. The number of furan rings is 1. The van der Waals surface area contributed by atoms with Gasteiger partial charge < -0.3 is 14.0 Å². The van der Waals surface area contributed by atoms with Crippen LogP contribution >= 0.6 is 11.6 Å². The van der Waals surface area contributed by atoms with E-state index in [0.717, 1.165) is 23.3 Å². The van der Waals surface area contributed by atoms with E-state index in [0.29, 0.717) is 49.2 Å². The fourth-order valence-electron chi connectivity index (χ4n) is 3.02. The molecular formula is C22H26ClN3O3. The van der Waals surface area contributed by atoms with E-state index in [1.165, 1.54) is 0 Å². The second kappa shape index (κ2) is 10.4. The average molecular weight is 416 g/mol. The normalized spacial score (nSPS) is 12.4. The first-order valence-electron chi connectivity index (χ1n) is 9.68. The molecule has 1 N–H and O–H groups in total. The maximum absolute atomic E-state index is 10.3. The predicted octanol–water partition coefficient (Wildman–Crippen LogP) is 4.66. The Kier molecular flexibility index (Phi) is 7.63. The first kappa shape index (κ1) is 21.3. The fraction of sp³-hybridized carbons (Fsp3) is 0.364. The topological polar surface area (TPSA) is 75.5 Å². The molecule has 0 aliphatic carbocycles. The molecule has 3 rings (SSSR count). The van der Waals surface area contributed by atoms with E-state index in [2.05, 4.69) is 21.6 Å². The molecule has 0 aliphatic heterocycles. The van der Waals surface area contributed by atoms with Crippen LogP contribution in [-0.4, -0.2) is 39.3 Å². The number of aliphatic hydroxyl groups is 1. The molecule has 2 heterocycles. The fourth-order valence-corrected chi connectivity index (χ4v) is 3.20. The lowest BCUT2D eigenvalue weighted by molar-refractivity contribution is 0.0977. The molecule has 0 bridgehead atoms. The van der Waals surface area contributed by atoms with Gasteiger partial charge in [0.2, 0.25) is 11.7 Å². The summed E-state index contributed by atoms with van der Waals surface area (Å²) in [4.78, 5) is 6.61. The van der Waals surface area contributed by atoms with Crippen LogP contribution in [0.25, 0.3) is 11.4 Å². The van der Waals surface area contributed by atoms with Gasteiger partial charge in [0, 0.05) is 30.1 Å². The Morgan fingerprint density at radius 1 is 1.34 bits per heavy atom. The van der Waals surface area contributed by atoms with Crippen molar-refractivity contribution < 1.29 is 14.0 Å². The van der Waals surface area contributed by atoms with Crippen LogP contribution in [0.4, 0.5) is 0 Å². The van der Waals surface area contributed by atoms with Crippen molar-refractivity contribution in [1.29, 1.82) is 0 Å². The zero-order valence-corrected chi connectivity index (χ0v) is 17.3. The van der Waals surface area contributed by atoms with Crippen LogP contribution in [0.5, 0.6) is 0 Å². The third-order valence-corrected chi connectivity index (χ3v) is 5.08. The molecule has 0 saturated heterocycles. The third kappa shape index (κ3) is 6.29. The van der Waals surface area contributed by atoms with Crippen LogP contribution in [0.2, 0.25) is 5.02 Å². The molecule has 0 spiro atoms. The molecule has 0 amide bonds. The Bertz CT molecular complexity index is 908. The first-order valence-corrected chi connectivity index (χ1v) is 10.1. The SMILES string of the molecule is C=CCCC(O)CN(CCc1nc(-c2ccc(C)c(Cl)c2)no1)Cc1ccco1. The Hall–Kier alpha value is -2.41. The molecule has 29 heavy (non-hydrogen) atoms. The number of hydrogen-bond acceptors (Lipinski definition) is 6. The third-order valence-electron chi connectivity index (χ3n) is 4.67. The van der Waals surface area contributed by atoms with Crippen LogP contribution in [-0.2, 0) is 13.0 Å². The van der Waals surface area contributed by atoms with Crippen molar-refractivity contribution in [1.82, 2.24) is 15.0 Å². The summed E-state index contributed by atoms with van der Waals surface area (Å²) >= 11 is 6.19. The molecule has 154 valence electrons. The second-order valence-corrected chi connectivity index (χ2v) is 7.47. The summed E-state index contributed by atoms with van der Waals surface area (Å²) in [5, 5.41) is 15.0. The number of nitrogens with zero attached hydrogens (tertiary/aromatic N) is 3. The lowest BCUT2D eigenvalue weighted by Crippen LogP contribution is -2.33. The Morgan fingerprint density at radius 3 is 2.93 bits per heavy atom. The minimum atomic E-state index is -0.434.